The van der Waals surface area contributed by atoms with Crippen LogP contribution in [0.15, 0.2) is 48.5 Å². The summed E-state index contributed by atoms with van der Waals surface area (Å²) in [4.78, 5) is 11.8. The van der Waals surface area contributed by atoms with Gasteiger partial charge in [-0.1, -0.05) is 12.1 Å². The van der Waals surface area contributed by atoms with E-state index in [4.69, 9.17) is 4.74 Å². The minimum absolute atomic E-state index is 0.0495. The fourth-order valence-corrected chi connectivity index (χ4v) is 2.16. The zero-order chi connectivity index (χ0) is 15.2. The van der Waals surface area contributed by atoms with E-state index < -0.39 is 0 Å². The standard InChI is InChI=1S/C16H15FINO2/c1-11(12-2-4-13(17)5-3-12)19-16(20)10-21-15-8-6-14(18)7-9-15/h2-9,11H,10H2,1H3,(H,19,20). The summed E-state index contributed by atoms with van der Waals surface area (Å²) in [5.41, 5.74) is 0.846. The Balaban J connectivity index is 1.83. The Morgan fingerprint density at radius 3 is 2.43 bits per heavy atom. The van der Waals surface area contributed by atoms with E-state index in [1.807, 2.05) is 31.2 Å². The summed E-state index contributed by atoms with van der Waals surface area (Å²) in [7, 11) is 0. The molecule has 0 aliphatic rings. The molecule has 0 aromatic heterocycles. The van der Waals surface area contributed by atoms with Crippen LogP contribution in [0, 0.1) is 9.39 Å². The number of ether oxygens (including phenoxy) is 1. The number of nitrogens with one attached hydrogen (secondary N) is 1. The van der Waals surface area contributed by atoms with Crippen LogP contribution in [-0.4, -0.2) is 12.5 Å². The molecule has 1 atom stereocenters. The monoisotopic (exact) mass is 399 g/mol. The molecule has 0 aliphatic carbocycles. The van der Waals surface area contributed by atoms with Gasteiger partial charge in [-0.2, -0.15) is 0 Å². The predicted octanol–water partition coefficient (Wildman–Crippen LogP) is 3.69. The normalized spacial score (nSPS) is 11.8. The highest BCUT2D eigenvalue weighted by Crippen LogP contribution is 2.14. The molecule has 0 heterocycles. The first-order chi connectivity index (χ1) is 10.0. The van der Waals surface area contributed by atoms with Gasteiger partial charge in [0, 0.05) is 3.57 Å². The zero-order valence-corrected chi connectivity index (χ0v) is 13.6. The van der Waals surface area contributed by atoms with Crippen LogP contribution in [0.2, 0.25) is 0 Å². The Morgan fingerprint density at radius 2 is 1.81 bits per heavy atom. The van der Waals surface area contributed by atoms with Crippen LogP contribution >= 0.6 is 22.6 Å². The lowest BCUT2D eigenvalue weighted by Crippen LogP contribution is -2.31. The molecule has 3 nitrogen and oxygen atoms in total. The summed E-state index contributed by atoms with van der Waals surface area (Å²) in [5, 5.41) is 2.81. The second-order valence-electron chi connectivity index (χ2n) is 4.58. The quantitative estimate of drug-likeness (QED) is 0.780. The van der Waals surface area contributed by atoms with Gasteiger partial charge in [-0.05, 0) is 71.5 Å². The van der Waals surface area contributed by atoms with Crippen LogP contribution in [0.1, 0.15) is 18.5 Å². The molecule has 2 aromatic rings. The van der Waals surface area contributed by atoms with Crippen LogP contribution in [0.4, 0.5) is 4.39 Å². The molecule has 0 radical (unpaired) electrons. The fraction of sp³-hybridized carbons (Fsp3) is 0.188. The maximum Gasteiger partial charge on any atom is 0.258 e. The van der Waals surface area contributed by atoms with Crippen molar-refractivity contribution in [3.63, 3.8) is 0 Å². The lowest BCUT2D eigenvalue weighted by atomic mass is 10.1. The van der Waals surface area contributed by atoms with Crippen molar-refractivity contribution in [3.05, 3.63) is 63.5 Å². The van der Waals surface area contributed by atoms with E-state index in [0.717, 1.165) is 9.13 Å². The van der Waals surface area contributed by atoms with Gasteiger partial charge in [0.2, 0.25) is 0 Å². The van der Waals surface area contributed by atoms with Crippen LogP contribution < -0.4 is 10.1 Å². The number of carbonyl (C=O) groups is 1. The Bertz CT molecular complexity index is 599. The Kier molecular flexibility index (Phi) is 5.55. The first-order valence-corrected chi connectivity index (χ1v) is 7.55. The van der Waals surface area contributed by atoms with E-state index in [0.29, 0.717) is 5.75 Å². The number of hydrogen-bond donors (Lipinski definition) is 1. The number of hydrogen-bond acceptors (Lipinski definition) is 2. The smallest absolute Gasteiger partial charge is 0.258 e. The fourth-order valence-electron chi connectivity index (χ4n) is 1.80. The number of carbonyl (C=O) groups excluding carboxylic acids is 1. The first kappa shape index (κ1) is 15.8. The summed E-state index contributed by atoms with van der Waals surface area (Å²) in [6.07, 6.45) is 0. The molecule has 2 aromatic carbocycles. The Morgan fingerprint density at radius 1 is 1.19 bits per heavy atom. The van der Waals surface area contributed by atoms with Gasteiger partial charge in [0.15, 0.2) is 6.61 Å². The van der Waals surface area contributed by atoms with Crippen molar-refractivity contribution in [2.75, 3.05) is 6.61 Å². The first-order valence-electron chi connectivity index (χ1n) is 6.48. The molecule has 2 rings (SSSR count). The highest BCUT2D eigenvalue weighted by atomic mass is 127. The highest BCUT2D eigenvalue weighted by Gasteiger charge is 2.10. The molecule has 110 valence electrons. The largest absolute Gasteiger partial charge is 0.484 e. The topological polar surface area (TPSA) is 38.3 Å². The summed E-state index contributed by atoms with van der Waals surface area (Å²) >= 11 is 2.20. The van der Waals surface area contributed by atoms with E-state index in [1.54, 1.807) is 12.1 Å². The zero-order valence-electron chi connectivity index (χ0n) is 11.5. The Hall–Kier alpha value is -1.63. The third-order valence-electron chi connectivity index (χ3n) is 2.93. The van der Waals surface area contributed by atoms with Gasteiger partial charge < -0.3 is 10.1 Å². The number of halogens is 2. The van der Waals surface area contributed by atoms with Gasteiger partial charge >= 0.3 is 0 Å². The lowest BCUT2D eigenvalue weighted by molar-refractivity contribution is -0.123. The minimum Gasteiger partial charge on any atom is -0.484 e. The van der Waals surface area contributed by atoms with Crippen molar-refractivity contribution in [1.29, 1.82) is 0 Å². The lowest BCUT2D eigenvalue weighted by Gasteiger charge is -2.14. The molecule has 5 heteroatoms. The van der Waals surface area contributed by atoms with Crippen LogP contribution in [-0.2, 0) is 4.79 Å². The maximum absolute atomic E-state index is 12.8. The van der Waals surface area contributed by atoms with Crippen molar-refractivity contribution in [2.24, 2.45) is 0 Å². The minimum atomic E-state index is -0.292. The predicted molar refractivity (Wildman–Crippen MR) is 87.6 cm³/mol. The van der Waals surface area contributed by atoms with E-state index in [9.17, 15) is 9.18 Å². The average molecular weight is 399 g/mol. The summed E-state index contributed by atoms with van der Waals surface area (Å²) in [6, 6.07) is 13.3. The second kappa shape index (κ2) is 7.40. The molecule has 0 fully saturated rings. The molecule has 0 aliphatic heterocycles. The van der Waals surface area contributed by atoms with Crippen LogP contribution in [0.3, 0.4) is 0 Å². The van der Waals surface area contributed by atoms with Gasteiger partial charge in [-0.25, -0.2) is 4.39 Å². The highest BCUT2D eigenvalue weighted by molar-refractivity contribution is 14.1. The van der Waals surface area contributed by atoms with Crippen LogP contribution in [0.25, 0.3) is 0 Å². The molecular formula is C16H15FINO2. The van der Waals surface area contributed by atoms with E-state index in [-0.39, 0.29) is 24.4 Å². The molecule has 21 heavy (non-hydrogen) atoms. The van der Waals surface area contributed by atoms with Crippen molar-refractivity contribution in [2.45, 2.75) is 13.0 Å². The molecule has 1 N–H and O–H groups in total. The summed E-state index contributed by atoms with van der Waals surface area (Å²) < 4.78 is 19.4. The average Bonchev–Trinajstić information content (AvgIpc) is 2.47. The SMILES string of the molecule is CC(NC(=O)COc1ccc(I)cc1)c1ccc(F)cc1. The number of rotatable bonds is 5. The third kappa shape index (κ3) is 5.00. The summed E-state index contributed by atoms with van der Waals surface area (Å²) in [5.74, 6) is 0.143. The van der Waals surface area contributed by atoms with Gasteiger partial charge in [-0.15, -0.1) is 0 Å². The van der Waals surface area contributed by atoms with Crippen LogP contribution in [0.5, 0.6) is 5.75 Å². The van der Waals surface area contributed by atoms with Crippen molar-refractivity contribution in [1.82, 2.24) is 5.32 Å². The molecular weight excluding hydrogens is 384 g/mol. The second-order valence-corrected chi connectivity index (χ2v) is 5.83. The molecule has 1 unspecified atom stereocenters. The molecule has 0 spiro atoms. The van der Waals surface area contributed by atoms with Gasteiger partial charge in [0.25, 0.3) is 5.91 Å². The maximum atomic E-state index is 12.8. The van der Waals surface area contributed by atoms with Gasteiger partial charge in [-0.3, -0.25) is 4.79 Å². The Labute approximate surface area is 136 Å². The molecule has 0 saturated carbocycles. The molecule has 1 amide bonds. The van der Waals surface area contributed by atoms with E-state index in [2.05, 4.69) is 27.9 Å². The van der Waals surface area contributed by atoms with Gasteiger partial charge in [0.05, 0.1) is 6.04 Å². The third-order valence-corrected chi connectivity index (χ3v) is 3.65. The summed E-state index contributed by atoms with van der Waals surface area (Å²) in [6.45, 7) is 1.79. The van der Waals surface area contributed by atoms with Gasteiger partial charge in [0.1, 0.15) is 11.6 Å². The van der Waals surface area contributed by atoms with E-state index >= 15 is 0 Å². The number of amides is 1. The van der Waals surface area contributed by atoms with Crippen molar-refractivity contribution < 1.29 is 13.9 Å². The molecule has 0 bridgehead atoms. The van der Waals surface area contributed by atoms with E-state index in [1.165, 1.54) is 12.1 Å². The van der Waals surface area contributed by atoms with Crippen molar-refractivity contribution in [3.8, 4) is 5.75 Å². The number of benzene rings is 2. The van der Waals surface area contributed by atoms with Crippen molar-refractivity contribution >= 4 is 28.5 Å². The molecule has 0 saturated heterocycles.